The molecule has 0 atom stereocenters. The number of hydrogen-bond acceptors (Lipinski definition) is 4. The van der Waals surface area contributed by atoms with Gasteiger partial charge in [-0.2, -0.15) is 4.39 Å². The van der Waals surface area contributed by atoms with Crippen molar-refractivity contribution in [2.24, 2.45) is 0 Å². The summed E-state index contributed by atoms with van der Waals surface area (Å²) < 4.78 is 23.6. The smallest absolute Gasteiger partial charge is 0.260 e. The average molecular weight is 276 g/mol. The molecule has 1 heterocycles. The second-order valence-corrected chi connectivity index (χ2v) is 3.86. The van der Waals surface area contributed by atoms with Crippen molar-refractivity contribution >= 4 is 11.6 Å². The molecule has 1 amide bonds. The molecule has 0 spiro atoms. The van der Waals surface area contributed by atoms with E-state index in [1.165, 1.54) is 32.5 Å². The zero-order chi connectivity index (χ0) is 14.5. The van der Waals surface area contributed by atoms with Gasteiger partial charge in [-0.3, -0.25) is 4.79 Å². The van der Waals surface area contributed by atoms with Gasteiger partial charge in [0.25, 0.3) is 5.91 Å². The van der Waals surface area contributed by atoms with Crippen LogP contribution in [0.2, 0.25) is 0 Å². The molecule has 0 aliphatic heterocycles. The number of aromatic nitrogens is 1. The predicted molar refractivity (Wildman–Crippen MR) is 71.7 cm³/mol. The normalized spacial score (nSPS) is 9.95. The van der Waals surface area contributed by atoms with Gasteiger partial charge in [-0.05, 0) is 24.3 Å². The summed E-state index contributed by atoms with van der Waals surface area (Å²) >= 11 is 0. The van der Waals surface area contributed by atoms with Gasteiger partial charge in [0.15, 0.2) is 0 Å². The molecule has 20 heavy (non-hydrogen) atoms. The fraction of sp³-hybridized carbons (Fsp3) is 0.143. The number of ether oxygens (including phenoxy) is 2. The second kappa shape index (κ2) is 6.01. The van der Waals surface area contributed by atoms with Crippen molar-refractivity contribution in [1.29, 1.82) is 0 Å². The van der Waals surface area contributed by atoms with E-state index in [4.69, 9.17) is 9.47 Å². The van der Waals surface area contributed by atoms with Gasteiger partial charge in [-0.1, -0.05) is 0 Å². The highest BCUT2D eigenvalue weighted by Gasteiger charge is 2.14. The number of halogens is 1. The molecular formula is C14H13FN2O3. The maximum absolute atomic E-state index is 13.4. The lowest BCUT2D eigenvalue weighted by atomic mass is 10.2. The quantitative estimate of drug-likeness (QED) is 0.871. The largest absolute Gasteiger partial charge is 0.497 e. The topological polar surface area (TPSA) is 60.5 Å². The van der Waals surface area contributed by atoms with Gasteiger partial charge in [0.05, 0.1) is 25.5 Å². The van der Waals surface area contributed by atoms with E-state index in [0.29, 0.717) is 17.2 Å². The molecule has 2 aromatic rings. The van der Waals surface area contributed by atoms with Gasteiger partial charge in [0.2, 0.25) is 5.95 Å². The highest BCUT2D eigenvalue weighted by Crippen LogP contribution is 2.29. The summed E-state index contributed by atoms with van der Waals surface area (Å²) in [6, 6.07) is 7.74. The number of nitrogens with zero attached hydrogens (tertiary/aromatic N) is 1. The van der Waals surface area contributed by atoms with E-state index >= 15 is 0 Å². The fourth-order valence-corrected chi connectivity index (χ4v) is 1.65. The van der Waals surface area contributed by atoms with Crippen molar-refractivity contribution in [2.45, 2.75) is 0 Å². The Morgan fingerprint density at radius 1 is 1.25 bits per heavy atom. The predicted octanol–water partition coefficient (Wildman–Crippen LogP) is 2.49. The molecule has 0 saturated heterocycles. The Morgan fingerprint density at radius 3 is 2.70 bits per heavy atom. The number of methoxy groups -OCH3 is 2. The third kappa shape index (κ3) is 2.85. The van der Waals surface area contributed by atoms with Crippen LogP contribution in [0.15, 0.2) is 36.5 Å². The molecule has 1 aromatic heterocycles. The van der Waals surface area contributed by atoms with Crippen LogP contribution in [-0.2, 0) is 0 Å². The van der Waals surface area contributed by atoms with Crippen LogP contribution >= 0.6 is 0 Å². The summed E-state index contributed by atoms with van der Waals surface area (Å²) in [6.45, 7) is 0. The summed E-state index contributed by atoms with van der Waals surface area (Å²) in [5, 5.41) is 2.57. The Labute approximate surface area is 115 Å². The highest BCUT2D eigenvalue weighted by molar-refractivity contribution is 6.05. The summed E-state index contributed by atoms with van der Waals surface area (Å²) in [7, 11) is 2.99. The molecule has 0 radical (unpaired) electrons. The van der Waals surface area contributed by atoms with Gasteiger partial charge in [0.1, 0.15) is 11.5 Å². The van der Waals surface area contributed by atoms with Gasteiger partial charge in [-0.15, -0.1) is 0 Å². The second-order valence-electron chi connectivity index (χ2n) is 3.86. The van der Waals surface area contributed by atoms with Crippen LogP contribution in [0.5, 0.6) is 11.5 Å². The number of benzene rings is 1. The van der Waals surface area contributed by atoms with Crippen LogP contribution in [0, 0.1) is 5.95 Å². The maximum Gasteiger partial charge on any atom is 0.260 e. The van der Waals surface area contributed by atoms with Crippen LogP contribution in [0.1, 0.15) is 10.4 Å². The van der Waals surface area contributed by atoms with Crippen molar-refractivity contribution in [3.8, 4) is 11.5 Å². The van der Waals surface area contributed by atoms with Gasteiger partial charge < -0.3 is 14.8 Å². The molecular weight excluding hydrogens is 263 g/mol. The minimum atomic E-state index is -0.822. The number of rotatable bonds is 4. The lowest BCUT2D eigenvalue weighted by Gasteiger charge is -2.11. The SMILES string of the molecule is COc1ccc(NC(=O)c2cccnc2F)c(OC)c1. The summed E-state index contributed by atoms with van der Waals surface area (Å²) in [6.07, 6.45) is 1.28. The molecule has 0 saturated carbocycles. The number of anilines is 1. The van der Waals surface area contributed by atoms with E-state index in [2.05, 4.69) is 10.3 Å². The standard InChI is InChI=1S/C14H13FN2O3/c1-19-9-5-6-11(12(8-9)20-2)17-14(18)10-4-3-7-16-13(10)15/h3-8H,1-2H3,(H,17,18). The molecule has 1 aromatic carbocycles. The number of hydrogen-bond donors (Lipinski definition) is 1. The molecule has 1 N–H and O–H groups in total. The molecule has 104 valence electrons. The van der Waals surface area contributed by atoms with Crippen LogP contribution in [-0.4, -0.2) is 25.1 Å². The Balaban J connectivity index is 2.26. The van der Waals surface area contributed by atoms with E-state index < -0.39 is 11.9 Å². The summed E-state index contributed by atoms with van der Waals surface area (Å²) in [5.74, 6) is -0.411. The van der Waals surface area contributed by atoms with E-state index in [-0.39, 0.29) is 5.56 Å². The molecule has 2 rings (SSSR count). The minimum absolute atomic E-state index is 0.134. The van der Waals surface area contributed by atoms with Crippen molar-refractivity contribution in [2.75, 3.05) is 19.5 Å². The molecule has 0 fully saturated rings. The molecule has 6 heteroatoms. The van der Waals surface area contributed by atoms with E-state index in [9.17, 15) is 9.18 Å². The first-order chi connectivity index (χ1) is 9.65. The number of nitrogens with one attached hydrogen (secondary N) is 1. The minimum Gasteiger partial charge on any atom is -0.497 e. The van der Waals surface area contributed by atoms with Gasteiger partial charge in [0, 0.05) is 12.3 Å². The lowest BCUT2D eigenvalue weighted by Crippen LogP contribution is -2.15. The number of amides is 1. The van der Waals surface area contributed by atoms with Crippen LogP contribution < -0.4 is 14.8 Å². The first-order valence-corrected chi connectivity index (χ1v) is 5.79. The fourth-order valence-electron chi connectivity index (χ4n) is 1.65. The summed E-state index contributed by atoms with van der Waals surface area (Å²) in [5.41, 5.74) is 0.284. The Bertz CT molecular complexity index is 632. The average Bonchev–Trinajstić information content (AvgIpc) is 2.48. The van der Waals surface area contributed by atoms with Crippen LogP contribution in [0.25, 0.3) is 0 Å². The van der Waals surface area contributed by atoms with Crippen molar-refractivity contribution in [1.82, 2.24) is 4.98 Å². The molecule has 0 aliphatic rings. The van der Waals surface area contributed by atoms with Crippen LogP contribution in [0.3, 0.4) is 0 Å². The van der Waals surface area contributed by atoms with Crippen molar-refractivity contribution in [3.63, 3.8) is 0 Å². The third-order valence-corrected chi connectivity index (χ3v) is 2.66. The monoisotopic (exact) mass is 276 g/mol. The first kappa shape index (κ1) is 13.8. The Morgan fingerprint density at radius 2 is 2.05 bits per heavy atom. The summed E-state index contributed by atoms with van der Waals surface area (Å²) in [4.78, 5) is 15.4. The highest BCUT2D eigenvalue weighted by atomic mass is 19.1. The van der Waals surface area contributed by atoms with E-state index in [1.54, 1.807) is 18.2 Å². The number of pyridine rings is 1. The molecule has 5 nitrogen and oxygen atoms in total. The van der Waals surface area contributed by atoms with Gasteiger partial charge in [-0.25, -0.2) is 4.98 Å². The lowest BCUT2D eigenvalue weighted by molar-refractivity contribution is 0.102. The molecule has 0 bridgehead atoms. The zero-order valence-corrected chi connectivity index (χ0v) is 11.0. The number of carbonyl (C=O) groups excluding carboxylic acids is 1. The molecule has 0 aliphatic carbocycles. The zero-order valence-electron chi connectivity index (χ0n) is 11.0. The van der Waals surface area contributed by atoms with Crippen molar-refractivity contribution in [3.05, 3.63) is 48.0 Å². The maximum atomic E-state index is 13.4. The Kier molecular flexibility index (Phi) is 4.14. The van der Waals surface area contributed by atoms with E-state index in [1.807, 2.05) is 0 Å². The number of carbonyl (C=O) groups is 1. The molecule has 0 unspecified atom stereocenters. The third-order valence-electron chi connectivity index (χ3n) is 2.66. The first-order valence-electron chi connectivity index (χ1n) is 5.79. The van der Waals surface area contributed by atoms with E-state index in [0.717, 1.165) is 0 Å². The Hall–Kier alpha value is -2.63. The van der Waals surface area contributed by atoms with Gasteiger partial charge >= 0.3 is 0 Å². The van der Waals surface area contributed by atoms with Crippen LogP contribution in [0.4, 0.5) is 10.1 Å². The van der Waals surface area contributed by atoms with Crippen molar-refractivity contribution < 1.29 is 18.7 Å².